The van der Waals surface area contributed by atoms with Crippen LogP contribution in [0.4, 0.5) is 23.2 Å². The zero-order chi connectivity index (χ0) is 18.6. The molecule has 0 saturated heterocycles. The van der Waals surface area contributed by atoms with Gasteiger partial charge in [0, 0.05) is 17.8 Å². The number of carbonyl (C=O) groups is 1. The minimum absolute atomic E-state index is 0.0193. The average Bonchev–Trinajstić information content (AvgIpc) is 2.53. The number of amides is 1. The number of nitrogens with one attached hydrogen (secondary N) is 2. The van der Waals surface area contributed by atoms with Gasteiger partial charge in [-0.3, -0.25) is 4.79 Å². The van der Waals surface area contributed by atoms with E-state index in [2.05, 4.69) is 10.6 Å². The molecule has 0 fully saturated rings. The van der Waals surface area contributed by atoms with Gasteiger partial charge in [-0.1, -0.05) is 6.07 Å². The zero-order valence-corrected chi connectivity index (χ0v) is 13.5. The first-order chi connectivity index (χ1) is 11.7. The Hall–Kier alpha value is -2.68. The van der Waals surface area contributed by atoms with Crippen LogP contribution in [0.5, 0.6) is 0 Å². The number of carbonyl (C=O) groups excluding carboxylic acids is 1. The van der Waals surface area contributed by atoms with E-state index in [1.54, 1.807) is 12.1 Å². The highest BCUT2D eigenvalue weighted by Crippen LogP contribution is 2.31. The molecular formula is C16H13F4N3OS. The standard InChI is InChI=1S/C16H13F4N3OS/c17-13-6-1-9(7-12(13)16(18,19)20)8-22-15(25)23-11-4-2-10(3-5-11)14(21)24/h1-7H,8H2,(H2,21,24)(H2,22,23,25). The fraction of sp³-hybridized carbons (Fsp3) is 0.125. The van der Waals surface area contributed by atoms with Crippen molar-refractivity contribution in [2.45, 2.75) is 12.7 Å². The lowest BCUT2D eigenvalue weighted by molar-refractivity contribution is -0.140. The average molecular weight is 371 g/mol. The van der Waals surface area contributed by atoms with Crippen molar-refractivity contribution in [1.82, 2.24) is 5.32 Å². The number of rotatable bonds is 4. The number of thiocarbonyl (C=S) groups is 1. The van der Waals surface area contributed by atoms with E-state index in [9.17, 15) is 22.4 Å². The molecule has 2 rings (SSSR count). The van der Waals surface area contributed by atoms with Crippen LogP contribution in [0, 0.1) is 5.82 Å². The van der Waals surface area contributed by atoms with E-state index >= 15 is 0 Å². The molecule has 0 heterocycles. The van der Waals surface area contributed by atoms with Gasteiger partial charge in [-0.15, -0.1) is 0 Å². The molecular weight excluding hydrogens is 358 g/mol. The predicted molar refractivity (Wildman–Crippen MR) is 89.4 cm³/mol. The van der Waals surface area contributed by atoms with Gasteiger partial charge >= 0.3 is 6.18 Å². The van der Waals surface area contributed by atoms with Crippen LogP contribution < -0.4 is 16.4 Å². The molecule has 2 aromatic carbocycles. The fourth-order valence-corrected chi connectivity index (χ4v) is 2.17. The first-order valence-corrected chi connectivity index (χ1v) is 7.38. The maximum absolute atomic E-state index is 13.2. The summed E-state index contributed by atoms with van der Waals surface area (Å²) in [4.78, 5) is 11.0. The topological polar surface area (TPSA) is 67.2 Å². The van der Waals surface area contributed by atoms with Crippen molar-refractivity contribution < 1.29 is 22.4 Å². The van der Waals surface area contributed by atoms with E-state index in [1.807, 2.05) is 0 Å². The molecule has 0 aromatic heterocycles. The van der Waals surface area contributed by atoms with Crippen LogP contribution in [-0.4, -0.2) is 11.0 Å². The third kappa shape index (κ3) is 5.15. The molecule has 1 amide bonds. The number of alkyl halides is 3. The molecule has 0 unspecified atom stereocenters. The molecule has 0 aliphatic carbocycles. The summed E-state index contributed by atoms with van der Waals surface area (Å²) >= 11 is 5.04. The van der Waals surface area contributed by atoms with E-state index < -0.39 is 23.5 Å². The van der Waals surface area contributed by atoms with E-state index in [-0.39, 0.29) is 17.2 Å². The highest BCUT2D eigenvalue weighted by Gasteiger charge is 2.34. The molecule has 4 N–H and O–H groups in total. The highest BCUT2D eigenvalue weighted by atomic mass is 32.1. The van der Waals surface area contributed by atoms with Crippen molar-refractivity contribution in [3.8, 4) is 0 Å². The van der Waals surface area contributed by atoms with Crippen LogP contribution in [0.3, 0.4) is 0 Å². The van der Waals surface area contributed by atoms with E-state index in [1.165, 1.54) is 18.2 Å². The number of nitrogens with two attached hydrogens (primary N) is 1. The molecule has 0 aliphatic heterocycles. The Morgan fingerprint density at radius 3 is 2.32 bits per heavy atom. The van der Waals surface area contributed by atoms with Crippen molar-refractivity contribution in [2.24, 2.45) is 5.73 Å². The summed E-state index contributed by atoms with van der Waals surface area (Å²) in [7, 11) is 0. The minimum atomic E-state index is -4.76. The second-order valence-electron chi connectivity index (χ2n) is 5.06. The Morgan fingerprint density at radius 2 is 1.76 bits per heavy atom. The first-order valence-electron chi connectivity index (χ1n) is 6.97. The molecule has 0 bridgehead atoms. The van der Waals surface area contributed by atoms with Gasteiger partial charge in [0.15, 0.2) is 5.11 Å². The van der Waals surface area contributed by atoms with Crippen LogP contribution in [0.25, 0.3) is 0 Å². The van der Waals surface area contributed by atoms with Gasteiger partial charge in [-0.2, -0.15) is 13.2 Å². The maximum Gasteiger partial charge on any atom is 0.419 e. The smallest absolute Gasteiger partial charge is 0.366 e. The van der Waals surface area contributed by atoms with Gasteiger partial charge < -0.3 is 16.4 Å². The normalized spacial score (nSPS) is 11.0. The largest absolute Gasteiger partial charge is 0.419 e. The van der Waals surface area contributed by atoms with Gasteiger partial charge in [0.2, 0.25) is 5.91 Å². The SMILES string of the molecule is NC(=O)c1ccc(NC(=S)NCc2ccc(F)c(C(F)(F)F)c2)cc1. The molecule has 0 saturated carbocycles. The van der Waals surface area contributed by atoms with Gasteiger partial charge in [-0.05, 0) is 54.2 Å². The lowest BCUT2D eigenvalue weighted by Crippen LogP contribution is -2.28. The Kier molecular flexibility index (Phi) is 5.58. The maximum atomic E-state index is 13.2. The quantitative estimate of drug-likeness (QED) is 0.569. The number of halogens is 4. The minimum Gasteiger partial charge on any atom is -0.366 e. The van der Waals surface area contributed by atoms with Gasteiger partial charge in [0.05, 0.1) is 5.56 Å². The lowest BCUT2D eigenvalue weighted by atomic mass is 10.1. The summed E-state index contributed by atoms with van der Waals surface area (Å²) in [5.74, 6) is -1.89. The van der Waals surface area contributed by atoms with Gasteiger partial charge in [0.1, 0.15) is 5.82 Å². The van der Waals surface area contributed by atoms with Crippen molar-refractivity contribution in [1.29, 1.82) is 0 Å². The van der Waals surface area contributed by atoms with Crippen LogP contribution >= 0.6 is 12.2 Å². The van der Waals surface area contributed by atoms with Crippen LogP contribution in [-0.2, 0) is 12.7 Å². The van der Waals surface area contributed by atoms with Crippen LogP contribution in [0.2, 0.25) is 0 Å². The Morgan fingerprint density at radius 1 is 1.12 bits per heavy atom. The second-order valence-corrected chi connectivity index (χ2v) is 5.47. The monoisotopic (exact) mass is 371 g/mol. The van der Waals surface area contributed by atoms with Gasteiger partial charge in [0.25, 0.3) is 0 Å². The Labute approximate surface area is 146 Å². The van der Waals surface area contributed by atoms with Crippen LogP contribution in [0.1, 0.15) is 21.5 Å². The Balaban J connectivity index is 1.97. The van der Waals surface area contributed by atoms with E-state index in [4.69, 9.17) is 18.0 Å². The number of primary amides is 1. The van der Waals surface area contributed by atoms with Gasteiger partial charge in [-0.25, -0.2) is 4.39 Å². The molecule has 0 atom stereocenters. The summed E-state index contributed by atoms with van der Waals surface area (Å²) in [5.41, 5.74) is 4.92. The van der Waals surface area contributed by atoms with Crippen molar-refractivity contribution in [3.63, 3.8) is 0 Å². The summed E-state index contributed by atoms with van der Waals surface area (Å²) in [6.45, 7) is -0.0193. The molecule has 25 heavy (non-hydrogen) atoms. The molecule has 0 radical (unpaired) electrons. The number of hydrogen-bond acceptors (Lipinski definition) is 2. The van der Waals surface area contributed by atoms with Crippen LogP contribution in [0.15, 0.2) is 42.5 Å². The molecule has 132 valence electrons. The summed E-state index contributed by atoms with van der Waals surface area (Å²) in [6, 6.07) is 8.89. The lowest BCUT2D eigenvalue weighted by Gasteiger charge is -2.13. The number of anilines is 1. The van der Waals surface area contributed by atoms with Crippen molar-refractivity contribution in [2.75, 3.05) is 5.32 Å². The first kappa shape index (κ1) is 18.7. The highest BCUT2D eigenvalue weighted by molar-refractivity contribution is 7.80. The zero-order valence-electron chi connectivity index (χ0n) is 12.7. The van der Waals surface area contributed by atoms with Crippen molar-refractivity contribution >= 4 is 28.9 Å². The third-order valence-corrected chi connectivity index (χ3v) is 3.46. The number of hydrogen-bond donors (Lipinski definition) is 3. The summed E-state index contributed by atoms with van der Waals surface area (Å²) in [6.07, 6.45) is -4.76. The fourth-order valence-electron chi connectivity index (χ4n) is 1.98. The summed E-state index contributed by atoms with van der Waals surface area (Å²) < 4.78 is 51.2. The molecule has 2 aromatic rings. The molecule has 4 nitrogen and oxygen atoms in total. The molecule has 0 spiro atoms. The molecule has 0 aliphatic rings. The van der Waals surface area contributed by atoms with Crippen molar-refractivity contribution in [3.05, 3.63) is 65.0 Å². The predicted octanol–water partition coefficient (Wildman–Crippen LogP) is 3.43. The number of benzene rings is 2. The summed E-state index contributed by atoms with van der Waals surface area (Å²) in [5, 5.41) is 5.69. The Bertz CT molecular complexity index is 791. The van der Waals surface area contributed by atoms with E-state index in [0.717, 1.165) is 12.1 Å². The third-order valence-electron chi connectivity index (χ3n) is 3.22. The molecule has 9 heteroatoms. The van der Waals surface area contributed by atoms with E-state index in [0.29, 0.717) is 11.3 Å². The second kappa shape index (κ2) is 7.47.